The molecule has 1 atom stereocenters. The van der Waals surface area contributed by atoms with Gasteiger partial charge in [0, 0.05) is 19.0 Å². The highest BCUT2D eigenvalue weighted by atomic mass is 16.2. The molecule has 1 aromatic carbocycles. The maximum Gasteiger partial charge on any atom is 0.225 e. The summed E-state index contributed by atoms with van der Waals surface area (Å²) in [4.78, 5) is 14.2. The highest BCUT2D eigenvalue weighted by molar-refractivity contribution is 5.78. The van der Waals surface area contributed by atoms with Gasteiger partial charge in [0.1, 0.15) is 0 Å². The quantitative estimate of drug-likeness (QED) is 0.782. The molecular weight excluding hydrogens is 236 g/mol. The molecule has 1 aromatic rings. The standard InChI is InChI=1S/C16H26N2O/c1-3-18(16(19)14(2)8-7-12-17)13-11-15-9-5-4-6-10-15/h4-6,9-10,14H,3,7-8,11-13,17H2,1-2H3. The van der Waals surface area contributed by atoms with E-state index in [1.54, 1.807) is 0 Å². The Labute approximate surface area is 116 Å². The zero-order chi connectivity index (χ0) is 14.1. The van der Waals surface area contributed by atoms with Crippen LogP contribution in [0.1, 0.15) is 32.3 Å². The van der Waals surface area contributed by atoms with Gasteiger partial charge in [0.05, 0.1) is 0 Å². The van der Waals surface area contributed by atoms with E-state index < -0.39 is 0 Å². The van der Waals surface area contributed by atoms with Gasteiger partial charge in [-0.2, -0.15) is 0 Å². The fourth-order valence-corrected chi connectivity index (χ4v) is 2.19. The topological polar surface area (TPSA) is 46.3 Å². The van der Waals surface area contributed by atoms with E-state index in [0.717, 1.165) is 32.4 Å². The molecule has 0 aliphatic carbocycles. The Morgan fingerprint density at radius 1 is 1.32 bits per heavy atom. The summed E-state index contributed by atoms with van der Waals surface area (Å²) < 4.78 is 0. The first-order valence-electron chi connectivity index (χ1n) is 7.21. The molecule has 0 fully saturated rings. The van der Waals surface area contributed by atoms with E-state index in [1.165, 1.54) is 5.56 Å². The van der Waals surface area contributed by atoms with E-state index in [4.69, 9.17) is 5.73 Å². The normalized spacial score (nSPS) is 12.2. The predicted octanol–water partition coefficient (Wildman–Crippen LogP) is 2.45. The number of hydrogen-bond donors (Lipinski definition) is 1. The third-order valence-electron chi connectivity index (χ3n) is 3.47. The molecule has 106 valence electrons. The number of nitrogens with zero attached hydrogens (tertiary/aromatic N) is 1. The van der Waals surface area contributed by atoms with Gasteiger partial charge in [-0.3, -0.25) is 4.79 Å². The van der Waals surface area contributed by atoms with E-state index in [2.05, 4.69) is 12.1 Å². The largest absolute Gasteiger partial charge is 0.342 e. The fraction of sp³-hybridized carbons (Fsp3) is 0.562. The zero-order valence-corrected chi connectivity index (χ0v) is 12.1. The molecule has 19 heavy (non-hydrogen) atoms. The van der Waals surface area contributed by atoms with Crippen molar-refractivity contribution < 1.29 is 4.79 Å². The number of carbonyl (C=O) groups excluding carboxylic acids is 1. The molecule has 0 spiro atoms. The third-order valence-corrected chi connectivity index (χ3v) is 3.47. The van der Waals surface area contributed by atoms with Gasteiger partial charge in [-0.1, -0.05) is 37.3 Å². The van der Waals surface area contributed by atoms with Gasteiger partial charge in [0.15, 0.2) is 0 Å². The monoisotopic (exact) mass is 262 g/mol. The average molecular weight is 262 g/mol. The molecule has 0 bridgehead atoms. The van der Waals surface area contributed by atoms with Gasteiger partial charge in [-0.15, -0.1) is 0 Å². The Hall–Kier alpha value is -1.35. The van der Waals surface area contributed by atoms with Crippen LogP contribution in [0.15, 0.2) is 30.3 Å². The lowest BCUT2D eigenvalue weighted by molar-refractivity contribution is -0.135. The zero-order valence-electron chi connectivity index (χ0n) is 12.1. The molecule has 2 N–H and O–H groups in total. The predicted molar refractivity (Wildman–Crippen MR) is 79.9 cm³/mol. The summed E-state index contributed by atoms with van der Waals surface area (Å²) in [6.45, 7) is 6.28. The van der Waals surface area contributed by atoms with Crippen molar-refractivity contribution in [3.8, 4) is 0 Å². The smallest absolute Gasteiger partial charge is 0.225 e. The summed E-state index contributed by atoms with van der Waals surface area (Å²) >= 11 is 0. The highest BCUT2D eigenvalue weighted by Crippen LogP contribution is 2.10. The van der Waals surface area contributed by atoms with Crippen molar-refractivity contribution in [1.82, 2.24) is 4.90 Å². The first-order chi connectivity index (χ1) is 9.19. The highest BCUT2D eigenvalue weighted by Gasteiger charge is 2.18. The first-order valence-corrected chi connectivity index (χ1v) is 7.21. The minimum absolute atomic E-state index is 0.0827. The summed E-state index contributed by atoms with van der Waals surface area (Å²) in [7, 11) is 0. The Kier molecular flexibility index (Phi) is 7.19. The van der Waals surface area contributed by atoms with E-state index in [1.807, 2.05) is 36.9 Å². The van der Waals surface area contributed by atoms with Crippen molar-refractivity contribution in [2.45, 2.75) is 33.1 Å². The summed E-state index contributed by atoms with van der Waals surface area (Å²) in [5.74, 6) is 0.339. The number of carbonyl (C=O) groups is 1. The fourth-order valence-electron chi connectivity index (χ4n) is 2.19. The van der Waals surface area contributed by atoms with Crippen LogP contribution in [0.5, 0.6) is 0 Å². The molecule has 0 aliphatic heterocycles. The van der Waals surface area contributed by atoms with E-state index in [9.17, 15) is 4.79 Å². The lowest BCUT2D eigenvalue weighted by Gasteiger charge is -2.24. The summed E-state index contributed by atoms with van der Waals surface area (Å²) in [5.41, 5.74) is 6.78. The molecule has 0 heterocycles. The number of amides is 1. The molecular formula is C16H26N2O. The second-order valence-corrected chi connectivity index (χ2v) is 4.99. The van der Waals surface area contributed by atoms with Crippen molar-refractivity contribution in [2.75, 3.05) is 19.6 Å². The molecule has 1 amide bonds. The van der Waals surface area contributed by atoms with Crippen LogP contribution in [0.4, 0.5) is 0 Å². The molecule has 3 nitrogen and oxygen atoms in total. The molecule has 0 aliphatic rings. The number of nitrogens with two attached hydrogens (primary N) is 1. The van der Waals surface area contributed by atoms with Crippen LogP contribution < -0.4 is 5.73 Å². The average Bonchev–Trinajstić information content (AvgIpc) is 2.46. The Morgan fingerprint density at radius 2 is 2.00 bits per heavy atom. The summed E-state index contributed by atoms with van der Waals surface area (Å²) in [5, 5.41) is 0. The lowest BCUT2D eigenvalue weighted by Crippen LogP contribution is -2.36. The maximum atomic E-state index is 12.3. The number of likely N-dealkylation sites (N-methyl/N-ethyl adjacent to an activating group) is 1. The molecule has 1 rings (SSSR count). The Balaban J connectivity index is 2.46. The van der Waals surface area contributed by atoms with Gasteiger partial charge in [-0.05, 0) is 38.3 Å². The van der Waals surface area contributed by atoms with Crippen LogP contribution in [0, 0.1) is 5.92 Å². The lowest BCUT2D eigenvalue weighted by atomic mass is 10.0. The molecule has 0 radical (unpaired) electrons. The Bertz CT molecular complexity index is 364. The van der Waals surface area contributed by atoms with Gasteiger partial charge in [-0.25, -0.2) is 0 Å². The van der Waals surface area contributed by atoms with E-state index >= 15 is 0 Å². The maximum absolute atomic E-state index is 12.3. The summed E-state index contributed by atoms with van der Waals surface area (Å²) in [6, 6.07) is 10.3. The molecule has 0 aromatic heterocycles. The second kappa shape index (κ2) is 8.70. The second-order valence-electron chi connectivity index (χ2n) is 4.99. The SMILES string of the molecule is CCN(CCc1ccccc1)C(=O)C(C)CCCN. The van der Waals surface area contributed by atoms with Crippen LogP contribution in [0.2, 0.25) is 0 Å². The number of benzene rings is 1. The van der Waals surface area contributed by atoms with Gasteiger partial charge in [0.25, 0.3) is 0 Å². The minimum atomic E-state index is 0.0827. The number of rotatable bonds is 8. The van der Waals surface area contributed by atoms with Crippen LogP contribution in [-0.4, -0.2) is 30.4 Å². The third kappa shape index (κ3) is 5.43. The van der Waals surface area contributed by atoms with Crippen LogP contribution in [0.3, 0.4) is 0 Å². The van der Waals surface area contributed by atoms with Gasteiger partial charge in [0.2, 0.25) is 5.91 Å². The Morgan fingerprint density at radius 3 is 2.58 bits per heavy atom. The summed E-state index contributed by atoms with van der Waals surface area (Å²) in [6.07, 6.45) is 2.73. The van der Waals surface area contributed by atoms with Crippen LogP contribution >= 0.6 is 0 Å². The van der Waals surface area contributed by atoms with Gasteiger partial charge < -0.3 is 10.6 Å². The van der Waals surface area contributed by atoms with Crippen molar-refractivity contribution in [2.24, 2.45) is 11.7 Å². The van der Waals surface area contributed by atoms with Crippen LogP contribution in [-0.2, 0) is 11.2 Å². The van der Waals surface area contributed by atoms with E-state index in [0.29, 0.717) is 6.54 Å². The van der Waals surface area contributed by atoms with Crippen molar-refractivity contribution >= 4 is 5.91 Å². The molecule has 3 heteroatoms. The van der Waals surface area contributed by atoms with Crippen molar-refractivity contribution in [3.05, 3.63) is 35.9 Å². The van der Waals surface area contributed by atoms with Gasteiger partial charge >= 0.3 is 0 Å². The molecule has 0 saturated carbocycles. The minimum Gasteiger partial charge on any atom is -0.342 e. The number of hydrogen-bond acceptors (Lipinski definition) is 2. The van der Waals surface area contributed by atoms with Crippen molar-refractivity contribution in [1.29, 1.82) is 0 Å². The molecule has 0 saturated heterocycles. The first kappa shape index (κ1) is 15.7. The van der Waals surface area contributed by atoms with E-state index in [-0.39, 0.29) is 11.8 Å². The van der Waals surface area contributed by atoms with Crippen molar-refractivity contribution in [3.63, 3.8) is 0 Å². The van der Waals surface area contributed by atoms with Crippen LogP contribution in [0.25, 0.3) is 0 Å². The molecule has 1 unspecified atom stereocenters.